The van der Waals surface area contributed by atoms with Crippen LogP contribution in [0.25, 0.3) is 0 Å². The van der Waals surface area contributed by atoms with E-state index in [9.17, 15) is 24.1 Å². The van der Waals surface area contributed by atoms with Crippen molar-refractivity contribution in [2.75, 3.05) is 13.2 Å². The number of ketones is 2. The highest BCUT2D eigenvalue weighted by atomic mass is 33.1. The van der Waals surface area contributed by atoms with E-state index >= 15 is 4.39 Å². The highest BCUT2D eigenvalue weighted by Crippen LogP contribution is 2.47. The maximum atomic E-state index is 15.7. The normalized spacial score (nSPS) is 26.3. The summed E-state index contributed by atoms with van der Waals surface area (Å²) in [7, 11) is -0.833. The molecular weight excluding hydrogens is 630 g/mol. The molecule has 0 saturated carbocycles. The number of allylic oxidation sites excluding steroid dienone is 1. The number of Topliss-reactive ketones (excluding diaryl/α,β-unsaturated/α-hetero) is 1. The minimum absolute atomic E-state index is 0.0221. The summed E-state index contributed by atoms with van der Waals surface area (Å²) in [5.41, 5.74) is -1.45. The Balaban J connectivity index is 1.73. The fraction of sp³-hybridized carbons (Fsp3) is 0.633. The SMILES string of the molecule is CC(C)CC(=O)[C@H](C)NP(=O)(OCCc1ccccc1SSC(C)(C)C)OC[C@H]1O[C@@H](N2C=CC(=O)CC2=O)[C@](C)(F)[C@@H]1O. The molecule has 1 aromatic rings. The standard InChI is InChI=1S/C30H44FN2O8PS2/c1-19(2)16-23(35)20(3)32-42(38,39-15-13-21-10-8-9-11-25(21)43-44-29(4,5)6)40-18-24-27(37)30(7,31)28(41-24)33-14-12-22(34)17-26(33)36/h8-12,14,19-20,24,27-28,37H,13,15-18H2,1-7H3,(H,32,38)/t20-,24+,27+,28+,30+,42?/m0/s1. The largest absolute Gasteiger partial charge is 0.406 e. The van der Waals surface area contributed by atoms with Gasteiger partial charge in [0.25, 0.3) is 0 Å². The van der Waals surface area contributed by atoms with Crippen molar-refractivity contribution in [2.45, 2.75) is 108 Å². The van der Waals surface area contributed by atoms with Crippen LogP contribution in [-0.4, -0.2) is 75.6 Å². The molecule has 0 spiro atoms. The Bertz CT molecular complexity index is 1270. The number of benzene rings is 1. The van der Waals surface area contributed by atoms with Crippen LogP contribution in [0.2, 0.25) is 0 Å². The molecule has 2 aliphatic rings. The number of carbonyl (C=O) groups excluding carboxylic acids is 3. The lowest BCUT2D eigenvalue weighted by molar-refractivity contribution is -0.150. The Morgan fingerprint density at radius 1 is 1.25 bits per heavy atom. The molecule has 10 nitrogen and oxygen atoms in total. The lowest BCUT2D eigenvalue weighted by Crippen LogP contribution is -2.51. The number of aliphatic hydroxyl groups is 1. The molecule has 1 fully saturated rings. The summed E-state index contributed by atoms with van der Waals surface area (Å²) in [6.45, 7) is 12.2. The van der Waals surface area contributed by atoms with E-state index in [0.29, 0.717) is 6.42 Å². The molecule has 2 N–H and O–H groups in total. The van der Waals surface area contributed by atoms with Crippen LogP contribution in [0, 0.1) is 5.92 Å². The topological polar surface area (TPSA) is 131 Å². The van der Waals surface area contributed by atoms with Gasteiger partial charge in [-0.15, -0.1) is 0 Å². The van der Waals surface area contributed by atoms with Gasteiger partial charge in [0, 0.05) is 22.3 Å². The van der Waals surface area contributed by atoms with Gasteiger partial charge in [-0.3, -0.25) is 28.3 Å². The van der Waals surface area contributed by atoms with Crippen molar-refractivity contribution in [2.24, 2.45) is 5.92 Å². The van der Waals surface area contributed by atoms with Crippen LogP contribution in [0.15, 0.2) is 41.4 Å². The highest BCUT2D eigenvalue weighted by molar-refractivity contribution is 8.77. The van der Waals surface area contributed by atoms with Crippen LogP contribution in [0.5, 0.6) is 0 Å². The van der Waals surface area contributed by atoms with Gasteiger partial charge >= 0.3 is 7.75 Å². The van der Waals surface area contributed by atoms with Crippen LogP contribution >= 0.6 is 29.3 Å². The zero-order chi connectivity index (χ0) is 32.9. The Morgan fingerprint density at radius 3 is 2.57 bits per heavy atom. The molecule has 1 amide bonds. The second-order valence-electron chi connectivity index (χ2n) is 12.6. The maximum absolute atomic E-state index is 15.7. The summed E-state index contributed by atoms with van der Waals surface area (Å²) in [6.07, 6.45) is -2.18. The van der Waals surface area contributed by atoms with Crippen molar-refractivity contribution in [3.05, 3.63) is 42.1 Å². The van der Waals surface area contributed by atoms with Gasteiger partial charge in [0.15, 0.2) is 17.7 Å². The van der Waals surface area contributed by atoms with E-state index in [1.54, 1.807) is 28.5 Å². The predicted octanol–water partition coefficient (Wildman–Crippen LogP) is 5.63. The van der Waals surface area contributed by atoms with Gasteiger partial charge in [-0.1, -0.05) is 74.4 Å². The number of hydrogen-bond donors (Lipinski definition) is 2. The van der Waals surface area contributed by atoms with E-state index in [4.69, 9.17) is 13.8 Å². The van der Waals surface area contributed by atoms with E-state index in [-0.39, 0.29) is 29.5 Å². The number of rotatable bonds is 15. The minimum Gasteiger partial charge on any atom is -0.387 e. The summed E-state index contributed by atoms with van der Waals surface area (Å²) in [5, 5.41) is 13.5. The Kier molecular flexibility index (Phi) is 12.9. The van der Waals surface area contributed by atoms with Gasteiger partial charge in [-0.2, -0.15) is 0 Å². The second kappa shape index (κ2) is 15.3. The number of halogens is 1. The number of hydrogen-bond acceptors (Lipinski definition) is 10. The molecule has 1 unspecified atom stereocenters. The number of amides is 1. The Labute approximate surface area is 267 Å². The molecule has 14 heteroatoms. The van der Waals surface area contributed by atoms with Gasteiger partial charge in [0.1, 0.15) is 18.0 Å². The molecule has 0 aromatic heterocycles. The zero-order valence-corrected chi connectivity index (χ0v) is 28.8. The number of ether oxygens (including phenoxy) is 1. The average molecular weight is 675 g/mol. The minimum atomic E-state index is -4.20. The third kappa shape index (κ3) is 10.2. The average Bonchev–Trinajstić information content (AvgIpc) is 3.14. The summed E-state index contributed by atoms with van der Waals surface area (Å²) >= 11 is 0. The van der Waals surface area contributed by atoms with Gasteiger partial charge < -0.3 is 9.84 Å². The molecule has 0 bridgehead atoms. The molecule has 6 atom stereocenters. The second-order valence-corrected chi connectivity index (χ2v) is 17.3. The molecule has 0 aliphatic carbocycles. The van der Waals surface area contributed by atoms with Crippen molar-refractivity contribution in [3.63, 3.8) is 0 Å². The van der Waals surface area contributed by atoms with E-state index < -0.39 is 62.6 Å². The third-order valence-electron chi connectivity index (χ3n) is 6.84. The Hall–Kier alpha value is -1.57. The van der Waals surface area contributed by atoms with Gasteiger partial charge in [-0.05, 0) is 43.9 Å². The molecule has 246 valence electrons. The first-order chi connectivity index (χ1) is 20.4. The smallest absolute Gasteiger partial charge is 0.387 e. The predicted molar refractivity (Wildman–Crippen MR) is 170 cm³/mol. The lowest BCUT2D eigenvalue weighted by atomic mass is 9.97. The first kappa shape index (κ1) is 36.9. The van der Waals surface area contributed by atoms with Gasteiger partial charge in [0.2, 0.25) is 5.91 Å². The third-order valence-corrected chi connectivity index (χ3v) is 12.0. The van der Waals surface area contributed by atoms with Crippen LogP contribution in [0.4, 0.5) is 4.39 Å². The molecular formula is C30H44FN2O8PS2. The molecule has 3 rings (SSSR count). The van der Waals surface area contributed by atoms with E-state index in [1.807, 2.05) is 38.1 Å². The monoisotopic (exact) mass is 674 g/mol. The Morgan fingerprint density at radius 2 is 1.93 bits per heavy atom. The molecule has 1 saturated heterocycles. The van der Waals surface area contributed by atoms with E-state index in [2.05, 4.69) is 25.9 Å². The number of nitrogens with one attached hydrogen (secondary N) is 1. The van der Waals surface area contributed by atoms with Crippen molar-refractivity contribution in [1.82, 2.24) is 9.99 Å². The number of nitrogens with zero attached hydrogens (tertiary/aromatic N) is 1. The van der Waals surface area contributed by atoms with Gasteiger partial charge in [-0.25, -0.2) is 14.0 Å². The molecule has 1 aromatic carbocycles. The summed E-state index contributed by atoms with van der Waals surface area (Å²) in [5.74, 6) is -1.21. The van der Waals surface area contributed by atoms with Crippen LogP contribution in [0.1, 0.15) is 66.9 Å². The highest BCUT2D eigenvalue weighted by Gasteiger charge is 2.57. The summed E-state index contributed by atoms with van der Waals surface area (Å²) < 4.78 is 46.9. The van der Waals surface area contributed by atoms with E-state index in [0.717, 1.165) is 34.6 Å². The van der Waals surface area contributed by atoms with E-state index in [1.165, 1.54) is 0 Å². The molecule has 2 heterocycles. The van der Waals surface area contributed by atoms with Crippen molar-refractivity contribution in [3.8, 4) is 0 Å². The zero-order valence-electron chi connectivity index (χ0n) is 26.3. The summed E-state index contributed by atoms with van der Waals surface area (Å²) in [4.78, 5) is 38.7. The maximum Gasteiger partial charge on any atom is 0.406 e. The fourth-order valence-corrected chi connectivity index (χ4v) is 8.29. The lowest BCUT2D eigenvalue weighted by Gasteiger charge is -2.32. The molecule has 44 heavy (non-hydrogen) atoms. The first-order valence-electron chi connectivity index (χ1n) is 14.6. The van der Waals surface area contributed by atoms with Crippen molar-refractivity contribution in [1.29, 1.82) is 0 Å². The number of aliphatic hydroxyl groups excluding tert-OH is 1. The van der Waals surface area contributed by atoms with Gasteiger partial charge in [0.05, 0.1) is 25.7 Å². The van der Waals surface area contributed by atoms with Crippen molar-refractivity contribution < 1.29 is 42.2 Å². The quantitative estimate of drug-likeness (QED) is 0.136. The fourth-order valence-electron chi connectivity index (χ4n) is 4.51. The van der Waals surface area contributed by atoms with Crippen LogP contribution < -0.4 is 5.09 Å². The molecule has 2 aliphatic heterocycles. The van der Waals surface area contributed by atoms with Crippen molar-refractivity contribution >= 4 is 46.8 Å². The molecule has 0 radical (unpaired) electrons. The van der Waals surface area contributed by atoms with Crippen LogP contribution in [-0.2, 0) is 39.2 Å². The summed E-state index contributed by atoms with van der Waals surface area (Å²) in [6, 6.07) is 6.93. The number of carbonyl (C=O) groups is 3. The van der Waals surface area contributed by atoms with Crippen LogP contribution in [0.3, 0.4) is 0 Å². The first-order valence-corrected chi connectivity index (χ1v) is 18.3. The number of alkyl halides is 1.